The van der Waals surface area contributed by atoms with Gasteiger partial charge < -0.3 is 9.40 Å². The van der Waals surface area contributed by atoms with Crippen LogP contribution in [0.5, 0.6) is 0 Å². The molecule has 0 saturated carbocycles. The highest BCUT2D eigenvalue weighted by Crippen LogP contribution is 2.28. The second-order valence-corrected chi connectivity index (χ2v) is 7.38. The summed E-state index contributed by atoms with van der Waals surface area (Å²) >= 11 is 0. The molecule has 0 amide bonds. The number of hydrogen-bond acceptors (Lipinski definition) is 4. The number of nitrogens with zero attached hydrogens (tertiary/aromatic N) is 3. The van der Waals surface area contributed by atoms with Gasteiger partial charge in [0.05, 0.1) is 12.3 Å². The Morgan fingerprint density at radius 3 is 2.86 bits per heavy atom. The lowest BCUT2D eigenvalue weighted by Crippen LogP contribution is -2.20. The van der Waals surface area contributed by atoms with E-state index < -0.39 is 0 Å². The highest BCUT2D eigenvalue weighted by atomic mass is 19.1. The maximum Gasteiger partial charge on any atom is 0.221 e. The van der Waals surface area contributed by atoms with Gasteiger partial charge in [-0.25, -0.2) is 4.39 Å². The summed E-state index contributed by atoms with van der Waals surface area (Å²) in [6, 6.07) is 15.1. The Hall–Kier alpha value is -2.99. The fourth-order valence-corrected chi connectivity index (χ4v) is 3.99. The summed E-state index contributed by atoms with van der Waals surface area (Å²) in [6.45, 7) is 2.32. The largest absolute Gasteiger partial charge is 0.425 e. The smallest absolute Gasteiger partial charge is 0.221 e. The van der Waals surface area contributed by atoms with Crippen molar-refractivity contribution in [3.8, 4) is 0 Å². The van der Waals surface area contributed by atoms with Gasteiger partial charge in [-0.05, 0) is 30.7 Å². The number of aromatic nitrogens is 3. The Morgan fingerprint density at radius 2 is 1.93 bits per heavy atom. The molecule has 0 spiro atoms. The third-order valence-corrected chi connectivity index (χ3v) is 5.47. The van der Waals surface area contributed by atoms with Crippen LogP contribution >= 0.6 is 0 Å². The number of rotatable bonds is 5. The second-order valence-electron chi connectivity index (χ2n) is 7.38. The molecular formula is C22H21FN4O. The van der Waals surface area contributed by atoms with Crippen LogP contribution < -0.4 is 0 Å². The van der Waals surface area contributed by atoms with E-state index in [9.17, 15) is 4.39 Å². The van der Waals surface area contributed by atoms with E-state index >= 15 is 0 Å². The minimum atomic E-state index is -0.148. The Morgan fingerprint density at radius 1 is 1.07 bits per heavy atom. The molecule has 28 heavy (non-hydrogen) atoms. The van der Waals surface area contributed by atoms with E-state index in [2.05, 4.69) is 32.2 Å². The number of benzene rings is 2. The predicted octanol–water partition coefficient (Wildman–Crippen LogP) is 4.27. The van der Waals surface area contributed by atoms with Crippen LogP contribution in [0.2, 0.25) is 0 Å². The van der Waals surface area contributed by atoms with Crippen LogP contribution in [0.15, 0.2) is 59.1 Å². The summed E-state index contributed by atoms with van der Waals surface area (Å²) in [5.74, 6) is 1.37. The fraction of sp³-hybridized carbons (Fsp3) is 0.273. The molecule has 3 heterocycles. The van der Waals surface area contributed by atoms with Crippen molar-refractivity contribution in [2.75, 3.05) is 13.1 Å². The molecular weight excluding hydrogens is 355 g/mol. The summed E-state index contributed by atoms with van der Waals surface area (Å²) in [4.78, 5) is 5.52. The quantitative estimate of drug-likeness (QED) is 0.565. The first kappa shape index (κ1) is 17.1. The van der Waals surface area contributed by atoms with Crippen LogP contribution in [0.3, 0.4) is 0 Å². The lowest BCUT2D eigenvalue weighted by molar-refractivity contribution is 0.313. The Bertz CT molecular complexity index is 1100. The van der Waals surface area contributed by atoms with Crippen molar-refractivity contribution in [2.24, 2.45) is 0 Å². The maximum absolute atomic E-state index is 13.9. The topological polar surface area (TPSA) is 58.0 Å². The average Bonchev–Trinajstić information content (AvgIpc) is 3.44. The van der Waals surface area contributed by atoms with E-state index in [0.29, 0.717) is 24.7 Å². The van der Waals surface area contributed by atoms with Crippen LogP contribution in [-0.2, 0) is 13.0 Å². The van der Waals surface area contributed by atoms with Gasteiger partial charge in [-0.15, -0.1) is 10.2 Å². The molecule has 142 valence electrons. The summed E-state index contributed by atoms with van der Waals surface area (Å²) in [7, 11) is 0. The molecule has 1 N–H and O–H groups in total. The van der Waals surface area contributed by atoms with Crippen LogP contribution in [0.4, 0.5) is 4.39 Å². The van der Waals surface area contributed by atoms with E-state index in [1.54, 1.807) is 6.07 Å². The normalized spacial score (nSPS) is 17.5. The molecule has 0 unspecified atom stereocenters. The minimum absolute atomic E-state index is 0.148. The highest BCUT2D eigenvalue weighted by Gasteiger charge is 2.28. The van der Waals surface area contributed by atoms with Crippen molar-refractivity contribution in [1.82, 2.24) is 20.1 Å². The molecule has 6 heteroatoms. The highest BCUT2D eigenvalue weighted by molar-refractivity contribution is 5.83. The van der Waals surface area contributed by atoms with Gasteiger partial charge in [-0.1, -0.05) is 36.4 Å². The zero-order chi connectivity index (χ0) is 18.9. The first-order chi connectivity index (χ1) is 13.8. The molecule has 1 fully saturated rings. The van der Waals surface area contributed by atoms with Gasteiger partial charge in [0, 0.05) is 35.8 Å². The van der Waals surface area contributed by atoms with Gasteiger partial charge in [0.15, 0.2) is 0 Å². The van der Waals surface area contributed by atoms with Crippen molar-refractivity contribution >= 4 is 10.9 Å². The number of H-pyrrole nitrogens is 1. The molecule has 4 aromatic rings. The number of likely N-dealkylation sites (tertiary alicyclic amines) is 1. The molecule has 1 saturated heterocycles. The number of nitrogens with one attached hydrogen (secondary N) is 1. The van der Waals surface area contributed by atoms with Gasteiger partial charge in [0.1, 0.15) is 5.82 Å². The van der Waals surface area contributed by atoms with Gasteiger partial charge in [-0.2, -0.15) is 0 Å². The first-order valence-electron chi connectivity index (χ1n) is 9.59. The van der Waals surface area contributed by atoms with Gasteiger partial charge in [0.2, 0.25) is 11.8 Å². The van der Waals surface area contributed by atoms with Gasteiger partial charge >= 0.3 is 0 Å². The van der Waals surface area contributed by atoms with Crippen molar-refractivity contribution in [3.05, 3.63) is 83.5 Å². The number of aromatic amines is 1. The van der Waals surface area contributed by atoms with Crippen molar-refractivity contribution < 1.29 is 8.81 Å². The number of halogens is 1. The van der Waals surface area contributed by atoms with Gasteiger partial charge in [-0.3, -0.25) is 4.90 Å². The van der Waals surface area contributed by atoms with Crippen LogP contribution in [-0.4, -0.2) is 33.2 Å². The Kier molecular flexibility index (Phi) is 4.41. The van der Waals surface area contributed by atoms with E-state index in [1.807, 2.05) is 30.5 Å². The molecule has 5 rings (SSSR count). The molecule has 0 aliphatic carbocycles. The first-order valence-corrected chi connectivity index (χ1v) is 9.59. The third kappa shape index (κ3) is 3.31. The third-order valence-electron chi connectivity index (χ3n) is 5.47. The lowest BCUT2D eigenvalue weighted by atomic mass is 10.1. The zero-order valence-electron chi connectivity index (χ0n) is 15.4. The fourth-order valence-electron chi connectivity index (χ4n) is 3.99. The molecule has 2 aromatic carbocycles. The Balaban J connectivity index is 1.26. The predicted molar refractivity (Wildman–Crippen MR) is 104 cm³/mol. The summed E-state index contributed by atoms with van der Waals surface area (Å²) in [6.07, 6.45) is 3.56. The molecule has 1 aliphatic heterocycles. The minimum Gasteiger partial charge on any atom is -0.425 e. The zero-order valence-corrected chi connectivity index (χ0v) is 15.4. The number of hydrogen-bond donors (Lipinski definition) is 1. The molecule has 0 radical (unpaired) electrons. The summed E-state index contributed by atoms with van der Waals surface area (Å²) in [5, 5.41) is 9.73. The standard InChI is InChI=1S/C22H21FN4O/c23-19-7-3-1-5-15(19)13-27-10-9-16(14-27)22-26-25-21(28-22)11-17-12-24-20-8-4-2-6-18(17)20/h1-8,12,16,24H,9-11,13-14H2/t16-/m0/s1. The summed E-state index contributed by atoms with van der Waals surface area (Å²) < 4.78 is 19.9. The van der Waals surface area contributed by atoms with E-state index in [0.717, 1.165) is 36.2 Å². The van der Waals surface area contributed by atoms with E-state index in [-0.39, 0.29) is 11.7 Å². The second kappa shape index (κ2) is 7.20. The monoisotopic (exact) mass is 376 g/mol. The molecule has 1 atom stereocenters. The van der Waals surface area contributed by atoms with Gasteiger partial charge in [0.25, 0.3) is 0 Å². The van der Waals surface area contributed by atoms with Crippen LogP contribution in [0, 0.1) is 5.82 Å². The van der Waals surface area contributed by atoms with Crippen LogP contribution in [0.1, 0.15) is 35.2 Å². The maximum atomic E-state index is 13.9. The molecule has 5 nitrogen and oxygen atoms in total. The lowest BCUT2D eigenvalue weighted by Gasteiger charge is -2.15. The van der Waals surface area contributed by atoms with Crippen molar-refractivity contribution in [1.29, 1.82) is 0 Å². The molecule has 2 aromatic heterocycles. The van der Waals surface area contributed by atoms with E-state index in [1.165, 1.54) is 11.5 Å². The Labute approximate surface area is 162 Å². The van der Waals surface area contributed by atoms with E-state index in [4.69, 9.17) is 4.42 Å². The molecule has 1 aliphatic rings. The SMILES string of the molecule is Fc1ccccc1CN1CC[C@H](c2nnc(Cc3c[nH]c4ccccc34)o2)C1. The average molecular weight is 376 g/mol. The van der Waals surface area contributed by atoms with Crippen molar-refractivity contribution in [3.63, 3.8) is 0 Å². The number of para-hydroxylation sites is 1. The van der Waals surface area contributed by atoms with Crippen LogP contribution in [0.25, 0.3) is 10.9 Å². The number of fused-ring (bicyclic) bond motifs is 1. The van der Waals surface area contributed by atoms with Crippen molar-refractivity contribution in [2.45, 2.75) is 25.3 Å². The molecule has 0 bridgehead atoms. The summed E-state index contributed by atoms with van der Waals surface area (Å²) in [5.41, 5.74) is 2.99.